The Balaban J connectivity index is 2.01. The Morgan fingerprint density at radius 2 is 2.00 bits per heavy atom. The Labute approximate surface area is 144 Å². The average Bonchev–Trinajstić information content (AvgIpc) is 2.92. The summed E-state index contributed by atoms with van der Waals surface area (Å²) in [6, 6.07) is 6.12. The molecule has 0 saturated carbocycles. The molecule has 2 heterocycles. The molecule has 0 bridgehead atoms. The molecule has 4 nitrogen and oxygen atoms in total. The first-order chi connectivity index (χ1) is 11.0. The highest BCUT2D eigenvalue weighted by Crippen LogP contribution is 2.30. The molecular formula is C18H18BrNO3. The predicted octanol–water partition coefficient (Wildman–Crippen LogP) is 4.04. The van der Waals surface area contributed by atoms with Crippen LogP contribution in [0.15, 0.2) is 58.1 Å². The molecule has 2 aliphatic heterocycles. The minimum Gasteiger partial charge on any atom is -0.454 e. The number of amides is 1. The van der Waals surface area contributed by atoms with Crippen LogP contribution in [-0.4, -0.2) is 12.7 Å². The molecule has 1 aromatic rings. The maximum atomic E-state index is 12.3. The van der Waals surface area contributed by atoms with Gasteiger partial charge in [-0.15, -0.1) is 0 Å². The van der Waals surface area contributed by atoms with Crippen molar-refractivity contribution in [2.24, 2.45) is 0 Å². The number of allylic oxidation sites excluding steroid dienone is 4. The first-order valence-electron chi connectivity index (χ1n) is 7.45. The van der Waals surface area contributed by atoms with Gasteiger partial charge < -0.3 is 14.8 Å². The fourth-order valence-corrected chi connectivity index (χ4v) is 3.12. The molecule has 0 radical (unpaired) electrons. The van der Waals surface area contributed by atoms with Crippen molar-refractivity contribution in [1.29, 1.82) is 0 Å². The van der Waals surface area contributed by atoms with Crippen LogP contribution in [0.5, 0.6) is 0 Å². The zero-order valence-corrected chi connectivity index (χ0v) is 14.6. The molecule has 0 saturated heterocycles. The summed E-state index contributed by atoms with van der Waals surface area (Å²) >= 11 is 3.51. The van der Waals surface area contributed by atoms with Crippen molar-refractivity contribution in [3.05, 3.63) is 69.2 Å². The summed E-state index contributed by atoms with van der Waals surface area (Å²) in [5.41, 5.74) is 3.01. The predicted molar refractivity (Wildman–Crippen MR) is 91.3 cm³/mol. The van der Waals surface area contributed by atoms with Gasteiger partial charge in [-0.2, -0.15) is 0 Å². The standard InChI is InChI=1S/C18H18BrNO3/c1-11-3-5-14(19)9-15(11)13-4-6-16-17(23-10-22-16)7-12(2)20-18(21)8-13/h3-7,9,13H,8,10H2,1-2H3,(H,20,21)/b6-4+,12-7+. The summed E-state index contributed by atoms with van der Waals surface area (Å²) in [6.07, 6.45) is 6.07. The van der Waals surface area contributed by atoms with Crippen LogP contribution >= 0.6 is 15.9 Å². The summed E-state index contributed by atoms with van der Waals surface area (Å²) in [4.78, 5) is 12.3. The van der Waals surface area contributed by atoms with Crippen LogP contribution in [0.1, 0.15) is 30.4 Å². The van der Waals surface area contributed by atoms with Crippen LogP contribution in [0, 0.1) is 6.92 Å². The van der Waals surface area contributed by atoms with Crippen LogP contribution < -0.4 is 5.32 Å². The fraction of sp³-hybridized carbons (Fsp3) is 0.278. The second-order valence-corrected chi connectivity index (χ2v) is 6.60. The Hall–Kier alpha value is -2.01. The summed E-state index contributed by atoms with van der Waals surface area (Å²) in [5, 5.41) is 2.90. The third-order valence-electron chi connectivity index (χ3n) is 3.88. The van der Waals surface area contributed by atoms with E-state index in [1.807, 2.05) is 25.1 Å². The van der Waals surface area contributed by atoms with E-state index in [1.54, 1.807) is 6.08 Å². The second-order valence-electron chi connectivity index (χ2n) is 5.68. The molecule has 2 aliphatic rings. The third-order valence-corrected chi connectivity index (χ3v) is 4.38. The lowest BCUT2D eigenvalue weighted by Crippen LogP contribution is -2.23. The highest BCUT2D eigenvalue weighted by molar-refractivity contribution is 9.10. The van der Waals surface area contributed by atoms with Gasteiger partial charge in [0.1, 0.15) is 0 Å². The zero-order chi connectivity index (χ0) is 16.4. The number of aryl methyl sites for hydroxylation is 1. The van der Waals surface area contributed by atoms with Gasteiger partial charge in [0.2, 0.25) is 12.7 Å². The van der Waals surface area contributed by atoms with Gasteiger partial charge in [0.05, 0.1) is 0 Å². The molecule has 0 fully saturated rings. The van der Waals surface area contributed by atoms with Crippen molar-refractivity contribution in [1.82, 2.24) is 5.32 Å². The highest BCUT2D eigenvalue weighted by Gasteiger charge is 2.20. The van der Waals surface area contributed by atoms with E-state index in [2.05, 4.69) is 40.3 Å². The maximum absolute atomic E-state index is 12.3. The molecule has 1 atom stereocenters. The molecule has 5 heteroatoms. The zero-order valence-electron chi connectivity index (χ0n) is 13.1. The SMILES string of the molecule is C/C1=C\C2=C(/C=C/C(c3cc(Br)ccc3C)CC(=O)N1)OCO2. The van der Waals surface area contributed by atoms with E-state index in [0.717, 1.165) is 21.3 Å². The first kappa shape index (κ1) is 15.9. The topological polar surface area (TPSA) is 47.6 Å². The lowest BCUT2D eigenvalue weighted by molar-refractivity contribution is -0.120. The smallest absolute Gasteiger partial charge is 0.231 e. The van der Waals surface area contributed by atoms with Crippen LogP contribution in [-0.2, 0) is 14.3 Å². The van der Waals surface area contributed by atoms with E-state index in [0.29, 0.717) is 17.9 Å². The number of benzene rings is 1. The number of ether oxygens (including phenoxy) is 2. The number of hydrogen-bond donors (Lipinski definition) is 1. The van der Waals surface area contributed by atoms with E-state index >= 15 is 0 Å². The van der Waals surface area contributed by atoms with Gasteiger partial charge in [-0.25, -0.2) is 0 Å². The molecule has 1 N–H and O–H groups in total. The number of rotatable bonds is 1. The second kappa shape index (κ2) is 6.62. The number of hydrogen-bond acceptors (Lipinski definition) is 3. The lowest BCUT2D eigenvalue weighted by Gasteiger charge is -2.17. The molecule has 1 unspecified atom stereocenters. The molecule has 1 amide bonds. The monoisotopic (exact) mass is 375 g/mol. The molecule has 0 aliphatic carbocycles. The van der Waals surface area contributed by atoms with E-state index in [1.165, 1.54) is 0 Å². The van der Waals surface area contributed by atoms with Crippen molar-refractivity contribution in [3.63, 3.8) is 0 Å². The molecular weight excluding hydrogens is 358 g/mol. The van der Waals surface area contributed by atoms with Crippen molar-refractivity contribution in [3.8, 4) is 0 Å². The van der Waals surface area contributed by atoms with Gasteiger partial charge in [0.25, 0.3) is 0 Å². The molecule has 120 valence electrons. The number of carbonyl (C=O) groups is 1. The van der Waals surface area contributed by atoms with Gasteiger partial charge in [-0.3, -0.25) is 4.79 Å². The van der Waals surface area contributed by atoms with Crippen LogP contribution in [0.4, 0.5) is 0 Å². The van der Waals surface area contributed by atoms with Crippen LogP contribution in [0.2, 0.25) is 0 Å². The summed E-state index contributed by atoms with van der Waals surface area (Å²) in [6.45, 7) is 4.10. The Bertz CT molecular complexity index is 734. The largest absolute Gasteiger partial charge is 0.454 e. The summed E-state index contributed by atoms with van der Waals surface area (Å²) in [5.74, 6) is 1.29. The summed E-state index contributed by atoms with van der Waals surface area (Å²) < 4.78 is 12.0. The van der Waals surface area contributed by atoms with Gasteiger partial charge in [0.15, 0.2) is 11.5 Å². The number of nitrogens with one attached hydrogen (secondary N) is 1. The van der Waals surface area contributed by atoms with E-state index in [4.69, 9.17) is 9.47 Å². The van der Waals surface area contributed by atoms with Gasteiger partial charge in [0, 0.05) is 28.6 Å². The number of carbonyl (C=O) groups excluding carboxylic acids is 1. The molecule has 0 aromatic heterocycles. The fourth-order valence-electron chi connectivity index (χ4n) is 2.74. The minimum absolute atomic E-state index is 0.0178. The van der Waals surface area contributed by atoms with E-state index in [-0.39, 0.29) is 18.6 Å². The first-order valence-corrected chi connectivity index (χ1v) is 8.24. The Kier molecular flexibility index (Phi) is 4.57. The van der Waals surface area contributed by atoms with Crippen LogP contribution in [0.3, 0.4) is 0 Å². The normalized spacial score (nSPS) is 24.7. The van der Waals surface area contributed by atoms with E-state index < -0.39 is 0 Å². The minimum atomic E-state index is -0.0312. The summed E-state index contributed by atoms with van der Waals surface area (Å²) in [7, 11) is 0. The van der Waals surface area contributed by atoms with Crippen molar-refractivity contribution >= 4 is 21.8 Å². The quantitative estimate of drug-likeness (QED) is 0.805. The number of halogens is 1. The molecule has 1 aromatic carbocycles. The van der Waals surface area contributed by atoms with Crippen LogP contribution in [0.25, 0.3) is 0 Å². The molecule has 3 rings (SSSR count). The Morgan fingerprint density at radius 1 is 1.22 bits per heavy atom. The average molecular weight is 376 g/mol. The van der Waals surface area contributed by atoms with Crippen molar-refractivity contribution < 1.29 is 14.3 Å². The van der Waals surface area contributed by atoms with E-state index in [9.17, 15) is 4.79 Å². The van der Waals surface area contributed by atoms with Crippen molar-refractivity contribution in [2.75, 3.05) is 6.79 Å². The van der Waals surface area contributed by atoms with Gasteiger partial charge in [-0.1, -0.05) is 28.1 Å². The van der Waals surface area contributed by atoms with Gasteiger partial charge >= 0.3 is 0 Å². The lowest BCUT2D eigenvalue weighted by atomic mass is 9.91. The van der Waals surface area contributed by atoms with Crippen molar-refractivity contribution in [2.45, 2.75) is 26.2 Å². The Morgan fingerprint density at radius 3 is 2.83 bits per heavy atom. The maximum Gasteiger partial charge on any atom is 0.231 e. The molecule has 0 spiro atoms. The van der Waals surface area contributed by atoms with Gasteiger partial charge in [-0.05, 0) is 43.2 Å². The third kappa shape index (κ3) is 3.67. The molecule has 23 heavy (non-hydrogen) atoms. The highest BCUT2D eigenvalue weighted by atomic mass is 79.9.